The van der Waals surface area contributed by atoms with Crippen molar-refractivity contribution in [2.45, 2.75) is 24.7 Å². The van der Waals surface area contributed by atoms with Crippen molar-refractivity contribution in [1.82, 2.24) is 0 Å². The summed E-state index contributed by atoms with van der Waals surface area (Å²) in [5.74, 6) is -0.586. The van der Waals surface area contributed by atoms with E-state index in [4.69, 9.17) is 5.73 Å². The zero-order chi connectivity index (χ0) is 24.2. The van der Waals surface area contributed by atoms with Gasteiger partial charge in [0.05, 0.1) is 26.7 Å². The summed E-state index contributed by atoms with van der Waals surface area (Å²) < 4.78 is 13.9. The van der Waals surface area contributed by atoms with E-state index in [0.29, 0.717) is 12.0 Å². The minimum atomic E-state index is -0.900. The summed E-state index contributed by atoms with van der Waals surface area (Å²) in [5, 5.41) is 0. The molecule has 1 saturated heterocycles. The van der Waals surface area contributed by atoms with Crippen LogP contribution in [0.5, 0.6) is 0 Å². The maximum Gasteiger partial charge on any atom is 0.233 e. The molecule has 5 heteroatoms. The molecule has 1 aliphatic heterocycles. The highest BCUT2D eigenvalue weighted by atomic mass is 19.1. The van der Waals surface area contributed by atoms with E-state index in [1.165, 1.54) is 12.1 Å². The van der Waals surface area contributed by atoms with Crippen LogP contribution in [0.25, 0.3) is 0 Å². The van der Waals surface area contributed by atoms with Gasteiger partial charge in [0.2, 0.25) is 5.91 Å². The van der Waals surface area contributed by atoms with Crippen LogP contribution in [0.1, 0.15) is 40.7 Å². The van der Waals surface area contributed by atoms with Gasteiger partial charge in [-0.05, 0) is 35.4 Å². The first kappa shape index (κ1) is 23.8. The molecule has 0 radical (unpaired) electrons. The number of Topliss-reactive ketones (excluding diaryl/α,β-unsaturated/α-hetero) is 1. The number of quaternary nitrogens is 1. The predicted octanol–water partition coefficient (Wildman–Crippen LogP) is 4.73. The number of primary amides is 1. The maximum atomic E-state index is 13.2. The standard InChI is InChI=1S/C29H31FN2O2/c1-32(19-8-13-27(33)22-14-16-26(30)17-15-22)20-18-25(21-32)29(28(31)34,23-9-4-2-5-10-23)24-11-6-3-7-12-24/h2-7,9-12,14-17,25H,8,13,18-21H2,1H3,(H-,31,34)/p+1/t25?,32-/m0/s1. The van der Waals surface area contributed by atoms with Crippen molar-refractivity contribution in [2.75, 3.05) is 26.7 Å². The highest BCUT2D eigenvalue weighted by molar-refractivity contribution is 5.96. The van der Waals surface area contributed by atoms with Gasteiger partial charge in [-0.2, -0.15) is 0 Å². The van der Waals surface area contributed by atoms with Crippen molar-refractivity contribution in [1.29, 1.82) is 0 Å². The van der Waals surface area contributed by atoms with E-state index in [9.17, 15) is 14.0 Å². The van der Waals surface area contributed by atoms with Gasteiger partial charge in [0.1, 0.15) is 11.2 Å². The molecule has 1 heterocycles. The number of hydrogen-bond donors (Lipinski definition) is 1. The molecule has 2 N–H and O–H groups in total. The molecule has 0 aromatic heterocycles. The summed E-state index contributed by atoms with van der Waals surface area (Å²) in [6, 6.07) is 25.5. The van der Waals surface area contributed by atoms with Crippen LogP contribution in [-0.4, -0.2) is 42.9 Å². The van der Waals surface area contributed by atoms with E-state index in [1.807, 2.05) is 60.7 Å². The predicted molar refractivity (Wildman–Crippen MR) is 132 cm³/mol. The van der Waals surface area contributed by atoms with E-state index in [-0.39, 0.29) is 23.4 Å². The van der Waals surface area contributed by atoms with Crippen LogP contribution in [0.15, 0.2) is 84.9 Å². The molecule has 3 aromatic rings. The van der Waals surface area contributed by atoms with Crippen molar-refractivity contribution in [3.8, 4) is 0 Å². The highest BCUT2D eigenvalue weighted by Gasteiger charge is 2.53. The lowest BCUT2D eigenvalue weighted by atomic mass is 9.64. The molecule has 176 valence electrons. The quantitative estimate of drug-likeness (QED) is 0.372. The number of halogens is 1. The number of rotatable bonds is 9. The van der Waals surface area contributed by atoms with Gasteiger partial charge in [-0.1, -0.05) is 60.7 Å². The van der Waals surface area contributed by atoms with E-state index in [0.717, 1.165) is 48.1 Å². The molecule has 0 bridgehead atoms. The Morgan fingerprint density at radius 1 is 0.941 bits per heavy atom. The van der Waals surface area contributed by atoms with E-state index >= 15 is 0 Å². The van der Waals surface area contributed by atoms with Gasteiger partial charge < -0.3 is 10.2 Å². The smallest absolute Gasteiger partial charge is 0.233 e. The number of carbonyl (C=O) groups excluding carboxylic acids is 2. The van der Waals surface area contributed by atoms with E-state index in [2.05, 4.69) is 7.05 Å². The van der Waals surface area contributed by atoms with Crippen LogP contribution < -0.4 is 5.73 Å². The second-order valence-electron chi connectivity index (χ2n) is 9.67. The first-order chi connectivity index (χ1) is 16.3. The summed E-state index contributed by atoms with van der Waals surface area (Å²) >= 11 is 0. The molecule has 0 aliphatic carbocycles. The Balaban J connectivity index is 1.53. The fourth-order valence-corrected chi connectivity index (χ4v) is 5.67. The molecule has 4 nitrogen and oxygen atoms in total. The Morgan fingerprint density at radius 2 is 1.50 bits per heavy atom. The molecule has 3 aromatic carbocycles. The summed E-state index contributed by atoms with van der Waals surface area (Å²) in [4.78, 5) is 25.8. The van der Waals surface area contributed by atoms with Crippen molar-refractivity contribution < 1.29 is 18.5 Å². The third-order valence-electron chi connectivity index (χ3n) is 7.41. The van der Waals surface area contributed by atoms with Crippen LogP contribution in [-0.2, 0) is 10.2 Å². The molecule has 1 fully saturated rings. The van der Waals surface area contributed by atoms with E-state index < -0.39 is 5.41 Å². The van der Waals surface area contributed by atoms with Crippen molar-refractivity contribution >= 4 is 11.7 Å². The topological polar surface area (TPSA) is 60.2 Å². The van der Waals surface area contributed by atoms with Gasteiger partial charge >= 0.3 is 0 Å². The number of nitrogens with zero attached hydrogens (tertiary/aromatic N) is 1. The average Bonchev–Trinajstić information content (AvgIpc) is 3.23. The number of amides is 1. The third kappa shape index (κ3) is 4.66. The van der Waals surface area contributed by atoms with Crippen LogP contribution in [0.4, 0.5) is 4.39 Å². The number of carbonyl (C=O) groups is 2. The summed E-state index contributed by atoms with van der Waals surface area (Å²) in [5.41, 5.74) is 7.71. The van der Waals surface area contributed by atoms with Crippen LogP contribution in [0, 0.1) is 11.7 Å². The van der Waals surface area contributed by atoms with E-state index in [1.54, 1.807) is 12.1 Å². The lowest BCUT2D eigenvalue weighted by Gasteiger charge is -2.38. The summed E-state index contributed by atoms with van der Waals surface area (Å²) in [6.45, 7) is 2.56. The second-order valence-corrected chi connectivity index (χ2v) is 9.67. The van der Waals surface area contributed by atoms with Gasteiger partial charge in [0.15, 0.2) is 5.78 Å². The van der Waals surface area contributed by atoms with Crippen molar-refractivity contribution in [3.63, 3.8) is 0 Å². The average molecular weight is 460 g/mol. The zero-order valence-corrected chi connectivity index (χ0v) is 19.6. The van der Waals surface area contributed by atoms with Crippen LogP contribution >= 0.6 is 0 Å². The molecule has 1 unspecified atom stereocenters. The highest BCUT2D eigenvalue weighted by Crippen LogP contribution is 2.45. The first-order valence-electron chi connectivity index (χ1n) is 11.9. The minimum absolute atomic E-state index is 0.0300. The number of ketones is 1. The Labute approximate surface area is 200 Å². The fraction of sp³-hybridized carbons (Fsp3) is 0.310. The number of nitrogens with two attached hydrogens (primary N) is 1. The molecule has 0 saturated carbocycles. The summed E-state index contributed by atoms with van der Waals surface area (Å²) in [7, 11) is 2.20. The Bertz CT molecular complexity index is 1090. The first-order valence-corrected chi connectivity index (χ1v) is 11.9. The third-order valence-corrected chi connectivity index (χ3v) is 7.41. The Kier molecular flexibility index (Phi) is 6.94. The molecular weight excluding hydrogens is 427 g/mol. The SMILES string of the molecule is C[N@+]1(CCCC(=O)c2ccc(F)cc2)CCC(C(C(N)=O)(c2ccccc2)c2ccccc2)C1. The fourth-order valence-electron chi connectivity index (χ4n) is 5.67. The zero-order valence-electron chi connectivity index (χ0n) is 19.6. The number of hydrogen-bond acceptors (Lipinski definition) is 2. The second kappa shape index (κ2) is 9.90. The normalized spacial score (nSPS) is 20.2. The van der Waals surface area contributed by atoms with Gasteiger partial charge in [-0.3, -0.25) is 9.59 Å². The van der Waals surface area contributed by atoms with Crippen molar-refractivity contribution in [3.05, 3.63) is 107 Å². The monoisotopic (exact) mass is 459 g/mol. The van der Waals surface area contributed by atoms with Crippen LogP contribution in [0.3, 0.4) is 0 Å². The number of benzene rings is 3. The molecule has 0 spiro atoms. The lowest BCUT2D eigenvalue weighted by molar-refractivity contribution is -0.899. The molecule has 34 heavy (non-hydrogen) atoms. The maximum absolute atomic E-state index is 13.2. The molecular formula is C29H32FN2O2+. The molecule has 2 atom stereocenters. The molecule has 1 amide bonds. The van der Waals surface area contributed by atoms with Gasteiger partial charge in [-0.25, -0.2) is 4.39 Å². The Hall–Kier alpha value is -3.31. The number of likely N-dealkylation sites (tertiary alicyclic amines) is 1. The van der Waals surface area contributed by atoms with Crippen LogP contribution in [0.2, 0.25) is 0 Å². The van der Waals surface area contributed by atoms with Gasteiger partial charge in [0, 0.05) is 30.7 Å². The van der Waals surface area contributed by atoms with Gasteiger partial charge in [0.25, 0.3) is 0 Å². The lowest BCUT2D eigenvalue weighted by Crippen LogP contribution is -2.51. The molecule has 1 aliphatic rings. The largest absolute Gasteiger partial charge is 0.369 e. The minimum Gasteiger partial charge on any atom is -0.369 e. The molecule has 4 rings (SSSR count). The van der Waals surface area contributed by atoms with Gasteiger partial charge in [-0.15, -0.1) is 0 Å². The Morgan fingerprint density at radius 3 is 2.03 bits per heavy atom. The summed E-state index contributed by atoms with van der Waals surface area (Å²) in [6.07, 6.45) is 2.03. The van der Waals surface area contributed by atoms with Crippen molar-refractivity contribution in [2.24, 2.45) is 11.7 Å².